The van der Waals surface area contributed by atoms with Crippen LogP contribution in [0, 0.1) is 0 Å². The Morgan fingerprint density at radius 3 is 2.67 bits per heavy atom. The molecule has 1 atom stereocenters. The van der Waals surface area contributed by atoms with E-state index in [9.17, 15) is 14.7 Å². The second kappa shape index (κ2) is 7.25. The van der Waals surface area contributed by atoms with Crippen molar-refractivity contribution in [3.05, 3.63) is 35.0 Å². The number of hydrogen-bond acceptors (Lipinski definition) is 5. The minimum absolute atomic E-state index is 0.00163. The second-order valence-electron chi connectivity index (χ2n) is 5.32. The number of phenolic OH excluding ortho intramolecular Hbond substituents is 1. The minimum Gasteiger partial charge on any atom is -0.504 e. The third-order valence-corrected chi connectivity index (χ3v) is 3.87. The number of carbonyl (C=O) groups excluding carboxylic acids is 2. The number of hydrogen-bond donors (Lipinski definition) is 2. The molecule has 2 amide bonds. The molecule has 24 heavy (non-hydrogen) atoms. The third kappa shape index (κ3) is 3.29. The number of rotatable bonds is 5. The van der Waals surface area contributed by atoms with Gasteiger partial charge in [0.15, 0.2) is 11.5 Å². The first kappa shape index (κ1) is 17.7. The Kier molecular flexibility index (Phi) is 5.33. The number of nitrogens with zero attached hydrogens (tertiary/aromatic N) is 1. The lowest BCUT2D eigenvalue weighted by Crippen LogP contribution is -2.46. The third-order valence-electron chi connectivity index (χ3n) is 3.87. The Bertz CT molecular complexity index is 684. The molecular formula is C17H22N2O5. The highest BCUT2D eigenvalue weighted by Gasteiger charge is 2.35. The van der Waals surface area contributed by atoms with E-state index < -0.39 is 12.0 Å². The van der Waals surface area contributed by atoms with Gasteiger partial charge in [0.2, 0.25) is 0 Å². The first-order valence-electron chi connectivity index (χ1n) is 7.78. The smallest absolute Gasteiger partial charge is 0.338 e. The molecule has 130 valence electrons. The lowest BCUT2D eigenvalue weighted by Gasteiger charge is -2.33. The highest BCUT2D eigenvalue weighted by Crippen LogP contribution is 2.35. The number of allylic oxidation sites excluding steroid dienone is 1. The van der Waals surface area contributed by atoms with E-state index >= 15 is 0 Å². The van der Waals surface area contributed by atoms with Gasteiger partial charge >= 0.3 is 12.0 Å². The maximum absolute atomic E-state index is 12.4. The molecule has 7 nitrogen and oxygen atoms in total. The van der Waals surface area contributed by atoms with Crippen LogP contribution in [0.5, 0.6) is 11.5 Å². The summed E-state index contributed by atoms with van der Waals surface area (Å²) in [5, 5.41) is 12.6. The van der Waals surface area contributed by atoms with E-state index in [-0.39, 0.29) is 18.4 Å². The molecule has 0 unspecified atom stereocenters. The molecule has 1 aromatic carbocycles. The van der Waals surface area contributed by atoms with E-state index in [4.69, 9.17) is 9.47 Å². The van der Waals surface area contributed by atoms with Gasteiger partial charge < -0.3 is 24.8 Å². The number of esters is 1. The fraction of sp³-hybridized carbons (Fsp3) is 0.412. The van der Waals surface area contributed by atoms with Gasteiger partial charge in [0.25, 0.3) is 0 Å². The Morgan fingerprint density at radius 2 is 2.04 bits per heavy atom. The molecule has 2 rings (SSSR count). The number of aromatic hydroxyl groups is 1. The van der Waals surface area contributed by atoms with Gasteiger partial charge in [0, 0.05) is 12.7 Å². The van der Waals surface area contributed by atoms with Crippen LogP contribution in [0.25, 0.3) is 0 Å². The molecule has 0 aliphatic carbocycles. The maximum Gasteiger partial charge on any atom is 0.338 e. The van der Waals surface area contributed by atoms with Crippen LogP contribution in [0.2, 0.25) is 0 Å². The van der Waals surface area contributed by atoms with Crippen molar-refractivity contribution in [3.63, 3.8) is 0 Å². The Balaban J connectivity index is 2.51. The van der Waals surface area contributed by atoms with Crippen molar-refractivity contribution in [1.29, 1.82) is 0 Å². The van der Waals surface area contributed by atoms with Crippen LogP contribution in [0.15, 0.2) is 29.5 Å². The standard InChI is InChI=1S/C17H22N2O5/c1-5-23-13-9-11(7-8-12(13)20)15-14(16(21)24-6-2)10(3)19(4)17(22)18-15/h7-9,15,20H,5-6H2,1-4H3,(H,18,22)/t15-/m0/s1. The summed E-state index contributed by atoms with van der Waals surface area (Å²) in [5.41, 5.74) is 1.50. The molecule has 0 radical (unpaired) electrons. The zero-order chi connectivity index (χ0) is 17.9. The van der Waals surface area contributed by atoms with Crippen LogP contribution in [0.1, 0.15) is 32.4 Å². The summed E-state index contributed by atoms with van der Waals surface area (Å²) in [6, 6.07) is 3.73. The number of urea groups is 1. The number of phenols is 1. The average molecular weight is 334 g/mol. The lowest BCUT2D eigenvalue weighted by atomic mass is 9.94. The van der Waals surface area contributed by atoms with E-state index in [1.165, 1.54) is 11.0 Å². The van der Waals surface area contributed by atoms with E-state index in [2.05, 4.69) is 5.32 Å². The van der Waals surface area contributed by atoms with Gasteiger partial charge in [0.05, 0.1) is 24.8 Å². The number of nitrogens with one attached hydrogen (secondary N) is 1. The highest BCUT2D eigenvalue weighted by molar-refractivity contribution is 5.95. The van der Waals surface area contributed by atoms with Crippen molar-refractivity contribution in [3.8, 4) is 11.5 Å². The van der Waals surface area contributed by atoms with Gasteiger partial charge in [-0.1, -0.05) is 6.07 Å². The molecule has 0 bridgehead atoms. The average Bonchev–Trinajstić information content (AvgIpc) is 2.54. The van der Waals surface area contributed by atoms with Gasteiger partial charge in [-0.05, 0) is 38.5 Å². The van der Waals surface area contributed by atoms with Gasteiger partial charge in [-0.2, -0.15) is 0 Å². The molecule has 0 spiro atoms. The Morgan fingerprint density at radius 1 is 1.33 bits per heavy atom. The zero-order valence-corrected chi connectivity index (χ0v) is 14.3. The number of benzene rings is 1. The van der Waals surface area contributed by atoms with Crippen molar-refractivity contribution >= 4 is 12.0 Å². The molecular weight excluding hydrogens is 312 g/mol. The van der Waals surface area contributed by atoms with E-state index in [1.807, 2.05) is 0 Å². The van der Waals surface area contributed by atoms with Crippen LogP contribution in [0.3, 0.4) is 0 Å². The highest BCUT2D eigenvalue weighted by atomic mass is 16.5. The second-order valence-corrected chi connectivity index (χ2v) is 5.32. The van der Waals surface area contributed by atoms with Crippen LogP contribution in [0.4, 0.5) is 4.79 Å². The van der Waals surface area contributed by atoms with Crippen molar-refractivity contribution in [2.75, 3.05) is 20.3 Å². The normalized spacial score (nSPS) is 17.6. The van der Waals surface area contributed by atoms with Gasteiger partial charge in [-0.15, -0.1) is 0 Å². The van der Waals surface area contributed by atoms with Crippen molar-refractivity contribution in [1.82, 2.24) is 10.2 Å². The SMILES string of the molecule is CCOC(=O)C1=C(C)N(C)C(=O)N[C@H]1c1ccc(O)c(OCC)c1. The Hall–Kier alpha value is -2.70. The lowest BCUT2D eigenvalue weighted by molar-refractivity contribution is -0.139. The van der Waals surface area contributed by atoms with Crippen molar-refractivity contribution < 1.29 is 24.2 Å². The maximum atomic E-state index is 12.4. The summed E-state index contributed by atoms with van der Waals surface area (Å²) in [7, 11) is 1.59. The summed E-state index contributed by atoms with van der Waals surface area (Å²) in [5.74, 6) is -0.194. The predicted octanol–water partition coefficient (Wildman–Crippen LogP) is 2.32. The summed E-state index contributed by atoms with van der Waals surface area (Å²) in [6.45, 7) is 5.84. The van der Waals surface area contributed by atoms with Gasteiger partial charge in [0.1, 0.15) is 0 Å². The van der Waals surface area contributed by atoms with Crippen LogP contribution in [-0.4, -0.2) is 42.3 Å². The first-order chi connectivity index (χ1) is 11.4. The monoisotopic (exact) mass is 334 g/mol. The molecule has 0 aromatic heterocycles. The topological polar surface area (TPSA) is 88.1 Å². The molecule has 2 N–H and O–H groups in total. The molecule has 0 fully saturated rings. The van der Waals surface area contributed by atoms with Crippen molar-refractivity contribution in [2.45, 2.75) is 26.8 Å². The van der Waals surface area contributed by atoms with Gasteiger partial charge in [-0.3, -0.25) is 0 Å². The van der Waals surface area contributed by atoms with Crippen LogP contribution >= 0.6 is 0 Å². The fourth-order valence-electron chi connectivity index (χ4n) is 2.54. The molecule has 0 saturated heterocycles. The van der Waals surface area contributed by atoms with E-state index in [1.54, 1.807) is 40.0 Å². The number of carbonyl (C=O) groups is 2. The number of amides is 2. The van der Waals surface area contributed by atoms with Crippen molar-refractivity contribution in [2.24, 2.45) is 0 Å². The fourth-order valence-corrected chi connectivity index (χ4v) is 2.54. The van der Waals surface area contributed by atoms with Crippen LogP contribution in [-0.2, 0) is 9.53 Å². The molecule has 1 aromatic rings. The summed E-state index contributed by atoms with van der Waals surface area (Å²) >= 11 is 0. The minimum atomic E-state index is -0.674. The molecule has 7 heteroatoms. The molecule has 1 aliphatic heterocycles. The molecule has 1 heterocycles. The Labute approximate surface area is 140 Å². The van der Waals surface area contributed by atoms with E-state index in [0.29, 0.717) is 29.2 Å². The number of ether oxygens (including phenoxy) is 2. The molecule has 0 saturated carbocycles. The first-order valence-corrected chi connectivity index (χ1v) is 7.78. The largest absolute Gasteiger partial charge is 0.504 e. The van der Waals surface area contributed by atoms with Crippen LogP contribution < -0.4 is 10.1 Å². The summed E-state index contributed by atoms with van der Waals surface area (Å²) < 4.78 is 10.5. The van der Waals surface area contributed by atoms with E-state index in [0.717, 1.165) is 0 Å². The van der Waals surface area contributed by atoms with Gasteiger partial charge in [-0.25, -0.2) is 9.59 Å². The zero-order valence-electron chi connectivity index (χ0n) is 14.3. The summed E-state index contributed by atoms with van der Waals surface area (Å²) in [6.07, 6.45) is 0. The summed E-state index contributed by atoms with van der Waals surface area (Å²) in [4.78, 5) is 25.9. The molecule has 1 aliphatic rings. The predicted molar refractivity (Wildman–Crippen MR) is 87.6 cm³/mol. The quantitative estimate of drug-likeness (QED) is 0.807.